The van der Waals surface area contributed by atoms with Crippen LogP contribution in [0.25, 0.3) is 22.2 Å². The van der Waals surface area contributed by atoms with Crippen molar-refractivity contribution in [2.24, 2.45) is 7.05 Å². The Labute approximate surface area is 130 Å². The molecular weight excluding hydrogens is 280 g/mol. The number of imidazole rings is 1. The molecule has 21 heavy (non-hydrogen) atoms. The number of aromatic nitrogens is 2. The van der Waals surface area contributed by atoms with Gasteiger partial charge >= 0.3 is 0 Å². The van der Waals surface area contributed by atoms with Gasteiger partial charge in [-0.3, -0.25) is 0 Å². The van der Waals surface area contributed by atoms with Crippen molar-refractivity contribution in [3.05, 3.63) is 52.8 Å². The van der Waals surface area contributed by atoms with Crippen molar-refractivity contribution in [2.45, 2.75) is 26.7 Å². The Morgan fingerprint density at radius 3 is 2.67 bits per heavy atom. The average Bonchev–Trinajstić information content (AvgIpc) is 2.77. The Balaban J connectivity index is 2.20. The van der Waals surface area contributed by atoms with Crippen molar-refractivity contribution in [1.82, 2.24) is 9.55 Å². The molecule has 0 aliphatic rings. The number of nitrogens with zero attached hydrogens (tertiary/aromatic N) is 2. The third-order valence-corrected chi connectivity index (χ3v) is 4.14. The molecule has 2 nitrogen and oxygen atoms in total. The Morgan fingerprint density at radius 2 is 1.95 bits per heavy atom. The third kappa shape index (κ3) is 2.56. The molecule has 0 N–H and O–H groups in total. The molecule has 2 aromatic carbocycles. The molecule has 1 heterocycles. The van der Waals surface area contributed by atoms with E-state index in [1.807, 2.05) is 18.2 Å². The topological polar surface area (TPSA) is 17.8 Å². The molecule has 0 amide bonds. The number of fused-ring (bicyclic) bond motifs is 1. The molecule has 0 bridgehead atoms. The average molecular weight is 299 g/mol. The van der Waals surface area contributed by atoms with E-state index in [0.717, 1.165) is 34.8 Å². The molecule has 0 spiro atoms. The van der Waals surface area contributed by atoms with Crippen LogP contribution in [0.4, 0.5) is 0 Å². The van der Waals surface area contributed by atoms with E-state index >= 15 is 0 Å². The van der Waals surface area contributed by atoms with E-state index in [2.05, 4.69) is 43.7 Å². The first-order chi connectivity index (χ1) is 10.1. The van der Waals surface area contributed by atoms with Gasteiger partial charge in [-0.1, -0.05) is 30.7 Å². The predicted molar refractivity (Wildman–Crippen MR) is 89.9 cm³/mol. The van der Waals surface area contributed by atoms with E-state index < -0.39 is 0 Å². The first kappa shape index (κ1) is 14.2. The molecule has 3 aromatic rings. The lowest BCUT2D eigenvalue weighted by molar-refractivity contribution is 0.773. The summed E-state index contributed by atoms with van der Waals surface area (Å²) >= 11 is 6.11. The van der Waals surface area contributed by atoms with E-state index in [-0.39, 0.29) is 0 Å². The highest BCUT2D eigenvalue weighted by Crippen LogP contribution is 2.29. The highest BCUT2D eigenvalue weighted by atomic mass is 35.5. The van der Waals surface area contributed by atoms with Gasteiger partial charge in [0, 0.05) is 18.5 Å². The van der Waals surface area contributed by atoms with Crippen LogP contribution in [-0.4, -0.2) is 9.55 Å². The van der Waals surface area contributed by atoms with E-state index in [9.17, 15) is 0 Å². The lowest BCUT2D eigenvalue weighted by Crippen LogP contribution is -1.96. The Bertz CT molecular complexity index is 802. The van der Waals surface area contributed by atoms with Gasteiger partial charge < -0.3 is 4.57 Å². The van der Waals surface area contributed by atoms with Gasteiger partial charge in [-0.25, -0.2) is 4.98 Å². The molecule has 0 saturated carbocycles. The maximum absolute atomic E-state index is 6.11. The second kappa shape index (κ2) is 5.53. The van der Waals surface area contributed by atoms with Gasteiger partial charge in [0.15, 0.2) is 0 Å². The highest BCUT2D eigenvalue weighted by molar-refractivity contribution is 6.30. The summed E-state index contributed by atoms with van der Waals surface area (Å²) in [6.07, 6.45) is 2.12. The van der Waals surface area contributed by atoms with Crippen LogP contribution in [0.2, 0.25) is 5.02 Å². The van der Waals surface area contributed by atoms with Gasteiger partial charge in [0.25, 0.3) is 0 Å². The van der Waals surface area contributed by atoms with Gasteiger partial charge in [-0.2, -0.15) is 0 Å². The first-order valence-corrected chi connectivity index (χ1v) is 7.70. The minimum Gasteiger partial charge on any atom is -0.331 e. The lowest BCUT2D eigenvalue weighted by Gasteiger charge is -2.06. The zero-order valence-electron chi connectivity index (χ0n) is 12.7. The summed E-state index contributed by atoms with van der Waals surface area (Å²) in [5.74, 6) is 1.15. The first-order valence-electron chi connectivity index (χ1n) is 7.32. The van der Waals surface area contributed by atoms with Crippen molar-refractivity contribution in [3.63, 3.8) is 0 Å². The van der Waals surface area contributed by atoms with Crippen LogP contribution < -0.4 is 0 Å². The molecule has 0 atom stereocenters. The summed E-state index contributed by atoms with van der Waals surface area (Å²) < 4.78 is 2.21. The van der Waals surface area contributed by atoms with Crippen LogP contribution in [0.3, 0.4) is 0 Å². The second-order valence-corrected chi connectivity index (χ2v) is 5.94. The molecule has 0 aliphatic carbocycles. The zero-order valence-corrected chi connectivity index (χ0v) is 13.4. The smallest absolute Gasteiger partial charge is 0.109 e. The van der Waals surface area contributed by atoms with Gasteiger partial charge in [0.1, 0.15) is 5.82 Å². The maximum atomic E-state index is 6.11. The number of halogens is 1. The molecule has 3 rings (SSSR count). The highest BCUT2D eigenvalue weighted by Gasteiger charge is 2.11. The normalized spacial score (nSPS) is 11.2. The second-order valence-electron chi connectivity index (χ2n) is 5.51. The standard InChI is InChI=1S/C18H19ClN2/c1-4-6-17-20-18-12(2)9-14(11-16(18)21(17)3)13-7-5-8-15(19)10-13/h5,7-11H,4,6H2,1-3H3. The number of benzene rings is 2. The fourth-order valence-corrected chi connectivity index (χ4v) is 2.98. The minimum absolute atomic E-state index is 0.766. The molecule has 3 heteroatoms. The fourth-order valence-electron chi connectivity index (χ4n) is 2.79. The minimum atomic E-state index is 0.766. The molecule has 1 aromatic heterocycles. The van der Waals surface area contributed by atoms with Crippen molar-refractivity contribution in [2.75, 3.05) is 0 Å². The van der Waals surface area contributed by atoms with Crippen LogP contribution in [0, 0.1) is 6.92 Å². The summed E-state index contributed by atoms with van der Waals surface area (Å²) in [6.45, 7) is 4.31. The number of aryl methyl sites for hydroxylation is 3. The zero-order chi connectivity index (χ0) is 15.0. The Kier molecular flexibility index (Phi) is 3.73. The monoisotopic (exact) mass is 298 g/mol. The molecule has 0 radical (unpaired) electrons. The van der Waals surface area contributed by atoms with Crippen LogP contribution in [-0.2, 0) is 13.5 Å². The van der Waals surface area contributed by atoms with E-state index in [1.165, 1.54) is 16.6 Å². The van der Waals surface area contributed by atoms with Gasteiger partial charge in [-0.05, 0) is 54.3 Å². The molecule has 0 aliphatic heterocycles. The van der Waals surface area contributed by atoms with Crippen molar-refractivity contribution < 1.29 is 0 Å². The van der Waals surface area contributed by atoms with Crippen LogP contribution in [0.1, 0.15) is 24.7 Å². The summed E-state index contributed by atoms with van der Waals surface area (Å²) in [5.41, 5.74) is 5.83. The Hall–Kier alpha value is -1.80. The molecule has 0 unspecified atom stereocenters. The molecule has 0 saturated heterocycles. The summed E-state index contributed by atoms with van der Waals surface area (Å²) in [5, 5.41) is 0.766. The van der Waals surface area contributed by atoms with Crippen LogP contribution in [0.5, 0.6) is 0 Å². The van der Waals surface area contributed by atoms with Crippen LogP contribution in [0.15, 0.2) is 36.4 Å². The lowest BCUT2D eigenvalue weighted by atomic mass is 10.0. The summed E-state index contributed by atoms with van der Waals surface area (Å²) in [6, 6.07) is 12.4. The largest absolute Gasteiger partial charge is 0.331 e. The fraction of sp³-hybridized carbons (Fsp3) is 0.278. The summed E-state index contributed by atoms with van der Waals surface area (Å²) in [4.78, 5) is 4.79. The third-order valence-electron chi connectivity index (χ3n) is 3.90. The van der Waals surface area contributed by atoms with E-state index in [4.69, 9.17) is 16.6 Å². The SMILES string of the molecule is CCCc1nc2c(C)cc(-c3cccc(Cl)c3)cc2n1C. The predicted octanol–water partition coefficient (Wildman–Crippen LogP) is 5.15. The van der Waals surface area contributed by atoms with E-state index in [1.54, 1.807) is 0 Å². The molecule has 108 valence electrons. The van der Waals surface area contributed by atoms with Gasteiger partial charge in [-0.15, -0.1) is 0 Å². The van der Waals surface area contributed by atoms with Crippen molar-refractivity contribution in [1.29, 1.82) is 0 Å². The van der Waals surface area contributed by atoms with Crippen molar-refractivity contribution >= 4 is 22.6 Å². The van der Waals surface area contributed by atoms with Gasteiger partial charge in [0.05, 0.1) is 11.0 Å². The number of hydrogen-bond acceptors (Lipinski definition) is 1. The maximum Gasteiger partial charge on any atom is 0.109 e. The number of rotatable bonds is 3. The molecular formula is C18H19ClN2. The number of hydrogen-bond donors (Lipinski definition) is 0. The van der Waals surface area contributed by atoms with Gasteiger partial charge in [0.2, 0.25) is 0 Å². The Morgan fingerprint density at radius 1 is 1.14 bits per heavy atom. The molecule has 0 fully saturated rings. The van der Waals surface area contributed by atoms with E-state index in [0.29, 0.717) is 0 Å². The summed E-state index contributed by atoms with van der Waals surface area (Å²) in [7, 11) is 2.10. The van der Waals surface area contributed by atoms with Crippen LogP contribution >= 0.6 is 11.6 Å². The quantitative estimate of drug-likeness (QED) is 0.653. The van der Waals surface area contributed by atoms with Crippen molar-refractivity contribution in [3.8, 4) is 11.1 Å².